The molecule has 0 aromatic carbocycles. The van der Waals surface area contributed by atoms with Crippen LogP contribution in [0.1, 0.15) is 38.5 Å². The van der Waals surface area contributed by atoms with Crippen molar-refractivity contribution >= 4 is 0 Å². The highest BCUT2D eigenvalue weighted by Crippen LogP contribution is 2.47. The van der Waals surface area contributed by atoms with Crippen molar-refractivity contribution in [2.45, 2.75) is 38.5 Å². The fourth-order valence-corrected chi connectivity index (χ4v) is 2.34. The van der Waals surface area contributed by atoms with E-state index in [0.29, 0.717) is 5.41 Å². The van der Waals surface area contributed by atoms with Crippen molar-refractivity contribution in [2.24, 2.45) is 11.3 Å². The Balaban J connectivity index is 1.62. The van der Waals surface area contributed by atoms with Gasteiger partial charge in [-0.25, -0.2) is 0 Å². The van der Waals surface area contributed by atoms with Crippen molar-refractivity contribution in [2.75, 3.05) is 13.1 Å². The van der Waals surface area contributed by atoms with Gasteiger partial charge in [-0.2, -0.15) is 5.26 Å². The molecule has 2 aliphatic carbocycles. The first-order valence-electron chi connectivity index (χ1n) is 6.07. The van der Waals surface area contributed by atoms with E-state index in [-0.39, 0.29) is 0 Å². The number of nitrogens with one attached hydrogen (secondary N) is 1. The third-order valence-electron chi connectivity index (χ3n) is 3.72. The Bertz CT molecular complexity index is 271. The van der Waals surface area contributed by atoms with Crippen molar-refractivity contribution in [3.8, 4) is 6.07 Å². The van der Waals surface area contributed by atoms with Gasteiger partial charge in [-0.3, -0.25) is 0 Å². The van der Waals surface area contributed by atoms with Gasteiger partial charge < -0.3 is 5.32 Å². The quantitative estimate of drug-likeness (QED) is 0.699. The van der Waals surface area contributed by atoms with Gasteiger partial charge in [0.05, 0.1) is 6.07 Å². The monoisotopic (exact) mass is 204 g/mol. The fourth-order valence-electron chi connectivity index (χ4n) is 2.34. The molecule has 0 saturated heterocycles. The summed E-state index contributed by atoms with van der Waals surface area (Å²) in [4.78, 5) is 0. The van der Waals surface area contributed by atoms with E-state index in [4.69, 9.17) is 5.26 Å². The highest BCUT2D eigenvalue weighted by Gasteiger charge is 2.41. The van der Waals surface area contributed by atoms with Gasteiger partial charge in [0.1, 0.15) is 0 Å². The highest BCUT2D eigenvalue weighted by atomic mass is 14.9. The molecule has 0 aromatic rings. The van der Waals surface area contributed by atoms with E-state index in [9.17, 15) is 0 Å². The Morgan fingerprint density at radius 3 is 2.87 bits per heavy atom. The second-order valence-corrected chi connectivity index (χ2v) is 5.12. The number of rotatable bonds is 5. The van der Waals surface area contributed by atoms with Crippen LogP contribution < -0.4 is 5.32 Å². The molecule has 2 aliphatic rings. The van der Waals surface area contributed by atoms with E-state index in [1.54, 1.807) is 0 Å². The van der Waals surface area contributed by atoms with Gasteiger partial charge in [-0.05, 0) is 50.0 Å². The van der Waals surface area contributed by atoms with Gasteiger partial charge in [0.15, 0.2) is 0 Å². The third-order valence-corrected chi connectivity index (χ3v) is 3.72. The molecular formula is C13H20N2. The summed E-state index contributed by atoms with van der Waals surface area (Å²) in [6.07, 6.45) is 11.6. The molecule has 0 spiro atoms. The van der Waals surface area contributed by atoms with E-state index >= 15 is 0 Å². The first kappa shape index (κ1) is 10.7. The lowest BCUT2D eigenvalue weighted by atomic mass is 9.94. The molecule has 2 heteroatoms. The molecular weight excluding hydrogens is 184 g/mol. The second-order valence-electron chi connectivity index (χ2n) is 5.12. The number of nitriles is 1. The van der Waals surface area contributed by atoms with Gasteiger partial charge >= 0.3 is 0 Å². The number of allylic oxidation sites excluding steroid dienone is 2. The zero-order chi connectivity index (χ0) is 10.6. The van der Waals surface area contributed by atoms with E-state index in [1.165, 1.54) is 32.1 Å². The van der Waals surface area contributed by atoms with Crippen LogP contribution in [0.2, 0.25) is 0 Å². The van der Waals surface area contributed by atoms with Crippen molar-refractivity contribution < 1.29 is 0 Å². The van der Waals surface area contributed by atoms with E-state index in [2.05, 4.69) is 23.5 Å². The zero-order valence-electron chi connectivity index (χ0n) is 9.34. The maximum atomic E-state index is 8.70. The van der Waals surface area contributed by atoms with Gasteiger partial charge in [-0.1, -0.05) is 12.2 Å². The fraction of sp³-hybridized carbons (Fsp3) is 0.769. The lowest BCUT2D eigenvalue weighted by Crippen LogP contribution is -2.29. The largest absolute Gasteiger partial charge is 0.316 e. The minimum atomic E-state index is 0.360. The summed E-state index contributed by atoms with van der Waals surface area (Å²) in [5, 5.41) is 12.3. The van der Waals surface area contributed by atoms with Crippen molar-refractivity contribution in [3.63, 3.8) is 0 Å². The van der Waals surface area contributed by atoms with E-state index in [1.807, 2.05) is 0 Å². The maximum Gasteiger partial charge on any atom is 0.0628 e. The van der Waals surface area contributed by atoms with Gasteiger partial charge in [0, 0.05) is 13.0 Å². The first-order chi connectivity index (χ1) is 7.35. The summed E-state index contributed by atoms with van der Waals surface area (Å²) in [7, 11) is 0. The van der Waals surface area contributed by atoms with Crippen molar-refractivity contribution in [1.29, 1.82) is 5.26 Å². The molecule has 1 fully saturated rings. The van der Waals surface area contributed by atoms with Gasteiger partial charge in [-0.15, -0.1) is 0 Å². The normalized spacial score (nSPS) is 27.3. The van der Waals surface area contributed by atoms with E-state index in [0.717, 1.165) is 25.4 Å². The molecule has 0 aliphatic heterocycles. The van der Waals surface area contributed by atoms with Crippen LogP contribution in [-0.2, 0) is 0 Å². The van der Waals surface area contributed by atoms with Crippen LogP contribution in [-0.4, -0.2) is 13.1 Å². The zero-order valence-corrected chi connectivity index (χ0v) is 9.34. The number of hydrogen-bond acceptors (Lipinski definition) is 2. The average Bonchev–Trinajstić information content (AvgIpc) is 3.00. The summed E-state index contributed by atoms with van der Waals surface area (Å²) in [5.41, 5.74) is 0.360. The molecule has 2 rings (SSSR count). The van der Waals surface area contributed by atoms with Gasteiger partial charge in [0.25, 0.3) is 0 Å². The van der Waals surface area contributed by atoms with Crippen LogP contribution in [0.25, 0.3) is 0 Å². The highest BCUT2D eigenvalue weighted by molar-refractivity contribution is 5.01. The molecule has 1 unspecified atom stereocenters. The predicted octanol–water partition coefficient (Wildman–Crippen LogP) is 2.63. The lowest BCUT2D eigenvalue weighted by molar-refractivity contribution is 0.397. The molecule has 1 N–H and O–H groups in total. The summed E-state index contributed by atoms with van der Waals surface area (Å²) in [5.74, 6) is 0.827. The van der Waals surface area contributed by atoms with Crippen LogP contribution in [0.4, 0.5) is 0 Å². The van der Waals surface area contributed by atoms with Crippen LogP contribution in [0.15, 0.2) is 12.2 Å². The van der Waals surface area contributed by atoms with Crippen LogP contribution in [0.5, 0.6) is 0 Å². The Labute approximate surface area is 92.4 Å². The molecule has 82 valence electrons. The molecule has 15 heavy (non-hydrogen) atoms. The summed E-state index contributed by atoms with van der Waals surface area (Å²) in [6, 6.07) is 2.31. The lowest BCUT2D eigenvalue weighted by Gasteiger charge is -2.20. The maximum absolute atomic E-state index is 8.70. The smallest absolute Gasteiger partial charge is 0.0628 e. The van der Waals surface area contributed by atoms with Crippen LogP contribution in [0, 0.1) is 22.7 Å². The molecule has 1 saturated carbocycles. The van der Waals surface area contributed by atoms with Gasteiger partial charge in [0.2, 0.25) is 0 Å². The minimum absolute atomic E-state index is 0.360. The second kappa shape index (κ2) is 4.81. The topological polar surface area (TPSA) is 35.8 Å². The summed E-state index contributed by atoms with van der Waals surface area (Å²) < 4.78 is 0. The minimum Gasteiger partial charge on any atom is -0.316 e. The Morgan fingerprint density at radius 2 is 2.27 bits per heavy atom. The Morgan fingerprint density at radius 1 is 1.40 bits per heavy atom. The number of hydrogen-bond donors (Lipinski definition) is 1. The van der Waals surface area contributed by atoms with Crippen molar-refractivity contribution in [1.82, 2.24) is 5.32 Å². The molecule has 2 nitrogen and oxygen atoms in total. The van der Waals surface area contributed by atoms with Crippen LogP contribution in [0.3, 0.4) is 0 Å². The molecule has 0 amide bonds. The summed E-state index contributed by atoms with van der Waals surface area (Å²) >= 11 is 0. The Hall–Kier alpha value is -0.810. The molecule has 0 aromatic heterocycles. The predicted molar refractivity (Wildman–Crippen MR) is 61.2 cm³/mol. The molecule has 0 heterocycles. The number of nitrogens with zero attached hydrogens (tertiary/aromatic N) is 1. The summed E-state index contributed by atoms with van der Waals surface area (Å²) in [6.45, 7) is 2.19. The SMILES string of the molecule is N#CCC1(CNCC2CC=CCC2)CC1. The van der Waals surface area contributed by atoms with Crippen molar-refractivity contribution in [3.05, 3.63) is 12.2 Å². The Kier molecular flexibility index (Phi) is 3.43. The third kappa shape index (κ3) is 3.07. The molecule has 0 radical (unpaired) electrons. The standard InChI is InChI=1S/C13H20N2/c14-9-8-13(6-7-13)11-15-10-12-4-2-1-3-5-12/h1-2,12,15H,3-8,10-11H2. The average molecular weight is 204 g/mol. The van der Waals surface area contributed by atoms with E-state index < -0.39 is 0 Å². The van der Waals surface area contributed by atoms with Crippen LogP contribution >= 0.6 is 0 Å². The first-order valence-corrected chi connectivity index (χ1v) is 6.07. The molecule has 1 atom stereocenters. The molecule has 0 bridgehead atoms.